The SMILES string of the molecule is O=C(NNc1ncnc(N(Cc2ccccc2)Cc2ccccc2)c1[N+](=O)[O-])c1ccc(Cl)c([N+](=O)[O-])c1. The van der Waals surface area contributed by atoms with E-state index in [0.717, 1.165) is 23.5 Å². The quantitative estimate of drug-likeness (QED) is 0.213. The molecule has 0 radical (unpaired) electrons. The number of rotatable bonds is 10. The van der Waals surface area contributed by atoms with Gasteiger partial charge in [0.2, 0.25) is 11.6 Å². The lowest BCUT2D eigenvalue weighted by molar-refractivity contribution is -0.384. The number of carbonyl (C=O) groups is 1. The molecule has 13 heteroatoms. The van der Waals surface area contributed by atoms with Crippen LogP contribution >= 0.6 is 11.6 Å². The summed E-state index contributed by atoms with van der Waals surface area (Å²) < 4.78 is 0. The van der Waals surface area contributed by atoms with Gasteiger partial charge in [0.1, 0.15) is 11.3 Å². The van der Waals surface area contributed by atoms with Crippen LogP contribution in [0.4, 0.5) is 23.0 Å². The van der Waals surface area contributed by atoms with E-state index in [9.17, 15) is 25.0 Å². The molecule has 0 aliphatic carbocycles. The van der Waals surface area contributed by atoms with E-state index in [4.69, 9.17) is 11.6 Å². The third-order valence-corrected chi connectivity index (χ3v) is 5.74. The van der Waals surface area contributed by atoms with Gasteiger partial charge in [-0.2, -0.15) is 0 Å². The van der Waals surface area contributed by atoms with Gasteiger partial charge in [-0.05, 0) is 23.3 Å². The summed E-state index contributed by atoms with van der Waals surface area (Å²) in [6.07, 6.45) is 1.15. The van der Waals surface area contributed by atoms with E-state index < -0.39 is 27.1 Å². The number of aromatic nitrogens is 2. The molecule has 4 rings (SSSR count). The van der Waals surface area contributed by atoms with Crippen LogP contribution < -0.4 is 15.8 Å². The number of nitro groups is 2. The van der Waals surface area contributed by atoms with Crippen LogP contribution in [0, 0.1) is 20.2 Å². The molecule has 4 aromatic rings. The normalized spacial score (nSPS) is 10.4. The van der Waals surface area contributed by atoms with Crippen LogP contribution in [0.25, 0.3) is 0 Å². The summed E-state index contributed by atoms with van der Waals surface area (Å²) in [6.45, 7) is 0.627. The van der Waals surface area contributed by atoms with Gasteiger partial charge in [-0.15, -0.1) is 0 Å². The second-order valence-electron chi connectivity index (χ2n) is 7.98. The number of benzene rings is 3. The Bertz CT molecular complexity index is 1430. The van der Waals surface area contributed by atoms with E-state index in [1.165, 1.54) is 12.1 Å². The zero-order valence-corrected chi connectivity index (χ0v) is 20.4. The van der Waals surface area contributed by atoms with Crippen LogP contribution in [0.1, 0.15) is 21.5 Å². The molecule has 0 saturated carbocycles. The van der Waals surface area contributed by atoms with Gasteiger partial charge in [0.25, 0.3) is 11.6 Å². The van der Waals surface area contributed by atoms with E-state index >= 15 is 0 Å². The Hall–Kier alpha value is -5.10. The predicted molar refractivity (Wildman–Crippen MR) is 141 cm³/mol. The molecule has 1 heterocycles. The van der Waals surface area contributed by atoms with Crippen molar-refractivity contribution in [3.63, 3.8) is 0 Å². The summed E-state index contributed by atoms with van der Waals surface area (Å²) in [7, 11) is 0. The lowest BCUT2D eigenvalue weighted by Gasteiger charge is -2.24. The maximum Gasteiger partial charge on any atom is 0.355 e. The van der Waals surface area contributed by atoms with Crippen molar-refractivity contribution in [3.8, 4) is 0 Å². The zero-order chi connectivity index (χ0) is 27.1. The van der Waals surface area contributed by atoms with Crippen molar-refractivity contribution >= 4 is 40.5 Å². The summed E-state index contributed by atoms with van der Waals surface area (Å²) in [5.41, 5.74) is 5.57. The van der Waals surface area contributed by atoms with Gasteiger partial charge in [-0.25, -0.2) is 9.97 Å². The van der Waals surface area contributed by atoms with Crippen LogP contribution in [0.3, 0.4) is 0 Å². The highest BCUT2D eigenvalue weighted by atomic mass is 35.5. The van der Waals surface area contributed by atoms with Gasteiger partial charge < -0.3 is 4.90 Å². The molecular formula is C25H20ClN7O5. The smallest absolute Gasteiger partial charge is 0.342 e. The van der Waals surface area contributed by atoms with E-state index in [1.807, 2.05) is 60.7 Å². The van der Waals surface area contributed by atoms with Gasteiger partial charge in [0, 0.05) is 24.7 Å². The fourth-order valence-corrected chi connectivity index (χ4v) is 3.84. The molecule has 1 amide bonds. The maximum absolute atomic E-state index is 12.6. The summed E-state index contributed by atoms with van der Waals surface area (Å²) >= 11 is 5.80. The fraction of sp³-hybridized carbons (Fsp3) is 0.0800. The first-order chi connectivity index (χ1) is 18.3. The van der Waals surface area contributed by atoms with Crippen molar-refractivity contribution in [1.82, 2.24) is 15.4 Å². The number of hydrogen-bond acceptors (Lipinski definition) is 9. The minimum absolute atomic E-state index is 0.0385. The number of nitrogens with one attached hydrogen (secondary N) is 2. The molecule has 0 aliphatic rings. The van der Waals surface area contributed by atoms with Crippen molar-refractivity contribution in [2.45, 2.75) is 13.1 Å². The zero-order valence-electron chi connectivity index (χ0n) is 19.7. The summed E-state index contributed by atoms with van der Waals surface area (Å²) in [5, 5.41) is 23.2. The lowest BCUT2D eigenvalue weighted by Crippen LogP contribution is -2.31. The van der Waals surface area contributed by atoms with Gasteiger partial charge in [0.15, 0.2) is 0 Å². The third-order valence-electron chi connectivity index (χ3n) is 5.42. The Morgan fingerprint density at radius 3 is 2.03 bits per heavy atom. The first-order valence-corrected chi connectivity index (χ1v) is 11.5. The Kier molecular flexibility index (Phi) is 8.04. The number of nitro benzene ring substituents is 1. The monoisotopic (exact) mass is 533 g/mol. The average molecular weight is 534 g/mol. The van der Waals surface area contributed by atoms with E-state index in [2.05, 4.69) is 20.8 Å². The van der Waals surface area contributed by atoms with Gasteiger partial charge in [0.05, 0.1) is 9.85 Å². The van der Waals surface area contributed by atoms with Crippen molar-refractivity contribution in [2.75, 3.05) is 10.3 Å². The molecule has 12 nitrogen and oxygen atoms in total. The average Bonchev–Trinajstić information content (AvgIpc) is 2.92. The molecule has 0 fully saturated rings. The number of anilines is 2. The molecule has 192 valence electrons. The number of nitrogens with zero attached hydrogens (tertiary/aromatic N) is 5. The number of carbonyl (C=O) groups excluding carboxylic acids is 1. The van der Waals surface area contributed by atoms with E-state index in [1.54, 1.807) is 4.90 Å². The molecule has 1 aromatic heterocycles. The Morgan fingerprint density at radius 1 is 0.868 bits per heavy atom. The molecule has 3 aromatic carbocycles. The summed E-state index contributed by atoms with van der Waals surface area (Å²) in [5.74, 6) is -1.01. The fourth-order valence-electron chi connectivity index (χ4n) is 3.66. The molecule has 0 spiro atoms. The largest absolute Gasteiger partial charge is 0.355 e. The highest BCUT2D eigenvalue weighted by Gasteiger charge is 2.28. The number of halogens is 1. The van der Waals surface area contributed by atoms with E-state index in [0.29, 0.717) is 13.1 Å². The van der Waals surface area contributed by atoms with Gasteiger partial charge >= 0.3 is 5.69 Å². The highest BCUT2D eigenvalue weighted by Crippen LogP contribution is 2.33. The van der Waals surface area contributed by atoms with Crippen LogP contribution in [-0.2, 0) is 13.1 Å². The van der Waals surface area contributed by atoms with Crippen LogP contribution in [0.15, 0.2) is 85.2 Å². The van der Waals surface area contributed by atoms with E-state index in [-0.39, 0.29) is 22.2 Å². The summed E-state index contributed by atoms with van der Waals surface area (Å²) in [4.78, 5) is 44.5. The van der Waals surface area contributed by atoms with Gasteiger partial charge in [-0.3, -0.25) is 35.9 Å². The third kappa shape index (κ3) is 6.17. The van der Waals surface area contributed by atoms with Crippen LogP contribution in [0.5, 0.6) is 0 Å². The molecule has 0 bridgehead atoms. The number of hydrogen-bond donors (Lipinski definition) is 2. The molecule has 0 unspecified atom stereocenters. The van der Waals surface area contributed by atoms with Crippen LogP contribution in [-0.4, -0.2) is 25.7 Å². The standard InChI is InChI=1S/C25H20ClN7O5/c26-20-12-11-19(13-21(20)32(35)36)25(34)30-29-23-22(33(37)38)24(28-16-27-23)31(14-17-7-3-1-4-8-17)15-18-9-5-2-6-10-18/h1-13,16H,14-15H2,(H,30,34)(H,27,28,29). The molecule has 0 saturated heterocycles. The first kappa shape index (κ1) is 26.0. The minimum Gasteiger partial charge on any atom is -0.342 e. The number of amides is 1. The highest BCUT2D eigenvalue weighted by molar-refractivity contribution is 6.32. The van der Waals surface area contributed by atoms with Gasteiger partial charge in [-0.1, -0.05) is 72.3 Å². The van der Waals surface area contributed by atoms with Crippen molar-refractivity contribution in [2.24, 2.45) is 0 Å². The minimum atomic E-state index is -0.787. The molecule has 2 N–H and O–H groups in total. The topological polar surface area (TPSA) is 156 Å². The maximum atomic E-state index is 12.6. The molecular weight excluding hydrogens is 514 g/mol. The van der Waals surface area contributed by atoms with Crippen molar-refractivity contribution < 1.29 is 14.6 Å². The molecule has 0 aliphatic heterocycles. The Morgan fingerprint density at radius 2 is 1.47 bits per heavy atom. The Balaban J connectivity index is 1.64. The number of hydrazine groups is 1. The summed E-state index contributed by atoms with van der Waals surface area (Å²) in [6, 6.07) is 22.3. The van der Waals surface area contributed by atoms with Crippen molar-refractivity contribution in [1.29, 1.82) is 0 Å². The Labute approximate surface area is 221 Å². The second kappa shape index (κ2) is 11.8. The first-order valence-electron chi connectivity index (χ1n) is 11.2. The molecule has 0 atom stereocenters. The lowest BCUT2D eigenvalue weighted by atomic mass is 10.1. The second-order valence-corrected chi connectivity index (χ2v) is 8.39. The molecule has 38 heavy (non-hydrogen) atoms. The predicted octanol–water partition coefficient (Wildman–Crippen LogP) is 4.91. The van der Waals surface area contributed by atoms with Crippen LogP contribution in [0.2, 0.25) is 5.02 Å². The van der Waals surface area contributed by atoms with Crippen molar-refractivity contribution in [3.05, 3.63) is 127 Å².